The van der Waals surface area contributed by atoms with Crippen LogP contribution in [0.3, 0.4) is 0 Å². The molecule has 24 heavy (non-hydrogen) atoms. The van der Waals surface area contributed by atoms with Gasteiger partial charge in [0.15, 0.2) is 0 Å². The summed E-state index contributed by atoms with van der Waals surface area (Å²) in [6.45, 7) is 4.64. The normalized spacial score (nSPS) is 17.6. The molecule has 1 aliphatic heterocycles. The van der Waals surface area contributed by atoms with Crippen LogP contribution < -0.4 is 4.31 Å². The van der Waals surface area contributed by atoms with E-state index >= 15 is 0 Å². The monoisotopic (exact) mass is 373 g/mol. The summed E-state index contributed by atoms with van der Waals surface area (Å²) in [4.78, 5) is 16.8. The molecule has 8 heteroatoms. The molecule has 6 nitrogen and oxygen atoms in total. The van der Waals surface area contributed by atoms with E-state index in [1.807, 2.05) is 14.0 Å². The lowest BCUT2D eigenvalue weighted by molar-refractivity contribution is -0.134. The average molecular weight is 374 g/mol. The van der Waals surface area contributed by atoms with Gasteiger partial charge >= 0.3 is 0 Å². The summed E-state index contributed by atoms with van der Waals surface area (Å²) >= 11 is 5.89. The molecule has 1 aliphatic rings. The van der Waals surface area contributed by atoms with Gasteiger partial charge in [0.1, 0.15) is 6.04 Å². The van der Waals surface area contributed by atoms with Gasteiger partial charge in [-0.15, -0.1) is 0 Å². The molecule has 1 aromatic rings. The highest BCUT2D eigenvalue weighted by Gasteiger charge is 2.34. The van der Waals surface area contributed by atoms with Gasteiger partial charge in [-0.05, 0) is 37.7 Å². The molecule has 1 amide bonds. The standard InChI is InChI=1S/C16H24ClN3O3S/c1-4-15(16(21)19-11-9-18(2)10-12-19)20(24(3,22)23)14-7-5-13(17)6-8-14/h5-8,15H,4,9-12H2,1-3H3/t15-/m1/s1. The van der Waals surface area contributed by atoms with Crippen LogP contribution in [0.15, 0.2) is 24.3 Å². The van der Waals surface area contributed by atoms with Crippen LogP contribution in [-0.4, -0.2) is 69.6 Å². The fourth-order valence-electron chi connectivity index (χ4n) is 2.87. The van der Waals surface area contributed by atoms with E-state index in [-0.39, 0.29) is 5.91 Å². The topological polar surface area (TPSA) is 60.9 Å². The molecule has 2 rings (SSSR count). The minimum atomic E-state index is -3.60. The Balaban J connectivity index is 2.32. The molecule has 1 fully saturated rings. The molecule has 0 radical (unpaired) electrons. The molecule has 0 N–H and O–H groups in total. The lowest BCUT2D eigenvalue weighted by atomic mass is 10.1. The molecular formula is C16H24ClN3O3S. The van der Waals surface area contributed by atoms with Crippen LogP contribution in [-0.2, 0) is 14.8 Å². The van der Waals surface area contributed by atoms with Crippen molar-refractivity contribution in [2.24, 2.45) is 0 Å². The first-order valence-corrected chi connectivity index (χ1v) is 10.2. The molecule has 1 atom stereocenters. The molecular weight excluding hydrogens is 350 g/mol. The molecule has 134 valence electrons. The molecule has 0 aliphatic carbocycles. The third-order valence-electron chi connectivity index (χ3n) is 4.21. The molecule has 0 unspecified atom stereocenters. The van der Waals surface area contributed by atoms with Crippen molar-refractivity contribution in [2.45, 2.75) is 19.4 Å². The third-order valence-corrected chi connectivity index (χ3v) is 5.64. The molecule has 1 heterocycles. The summed E-state index contributed by atoms with van der Waals surface area (Å²) in [6.07, 6.45) is 1.53. The van der Waals surface area contributed by atoms with Crippen LogP contribution in [0.1, 0.15) is 13.3 Å². The smallest absolute Gasteiger partial charge is 0.246 e. The number of carbonyl (C=O) groups is 1. The van der Waals surface area contributed by atoms with Gasteiger partial charge in [-0.2, -0.15) is 0 Å². The van der Waals surface area contributed by atoms with Crippen molar-refractivity contribution in [3.63, 3.8) is 0 Å². The van der Waals surface area contributed by atoms with Crippen molar-refractivity contribution in [2.75, 3.05) is 43.8 Å². The van der Waals surface area contributed by atoms with Crippen LogP contribution in [0.25, 0.3) is 0 Å². The predicted molar refractivity (Wildman–Crippen MR) is 96.9 cm³/mol. The van der Waals surface area contributed by atoms with Crippen LogP contribution in [0.2, 0.25) is 5.02 Å². The van der Waals surface area contributed by atoms with E-state index in [4.69, 9.17) is 11.6 Å². The maximum Gasteiger partial charge on any atom is 0.246 e. The Labute approximate surface area is 149 Å². The van der Waals surface area contributed by atoms with Crippen LogP contribution in [0.4, 0.5) is 5.69 Å². The number of hydrogen-bond donors (Lipinski definition) is 0. The van der Waals surface area contributed by atoms with Gasteiger partial charge in [0.25, 0.3) is 0 Å². The number of carbonyl (C=O) groups excluding carboxylic acids is 1. The Kier molecular flexibility index (Phi) is 6.11. The number of halogens is 1. The Bertz CT molecular complexity index is 670. The number of benzene rings is 1. The maximum atomic E-state index is 12.9. The second-order valence-corrected chi connectivity index (χ2v) is 8.38. The van der Waals surface area contributed by atoms with E-state index in [0.29, 0.717) is 30.2 Å². The van der Waals surface area contributed by atoms with Gasteiger partial charge in [-0.1, -0.05) is 18.5 Å². The van der Waals surface area contributed by atoms with Crippen LogP contribution in [0.5, 0.6) is 0 Å². The zero-order chi connectivity index (χ0) is 17.9. The van der Waals surface area contributed by atoms with E-state index in [1.54, 1.807) is 29.2 Å². The first-order chi connectivity index (χ1) is 11.2. The van der Waals surface area contributed by atoms with Crippen molar-refractivity contribution in [3.8, 4) is 0 Å². The highest BCUT2D eigenvalue weighted by molar-refractivity contribution is 7.92. The Hall–Kier alpha value is -1.31. The SMILES string of the molecule is CC[C@H](C(=O)N1CCN(C)CC1)N(c1ccc(Cl)cc1)S(C)(=O)=O. The van der Waals surface area contributed by atoms with Gasteiger partial charge in [0.05, 0.1) is 11.9 Å². The van der Waals surface area contributed by atoms with Crippen molar-refractivity contribution in [1.82, 2.24) is 9.80 Å². The number of nitrogens with zero attached hydrogens (tertiary/aromatic N) is 3. The zero-order valence-electron chi connectivity index (χ0n) is 14.3. The summed E-state index contributed by atoms with van der Waals surface area (Å²) in [5, 5.41) is 0.519. The lowest BCUT2D eigenvalue weighted by Crippen LogP contribution is -2.55. The maximum absolute atomic E-state index is 12.9. The van der Waals surface area contributed by atoms with Crippen LogP contribution >= 0.6 is 11.6 Å². The van der Waals surface area contributed by atoms with Gasteiger partial charge < -0.3 is 9.80 Å². The summed E-state index contributed by atoms with van der Waals surface area (Å²) in [5.41, 5.74) is 0.455. The molecule has 1 saturated heterocycles. The summed E-state index contributed by atoms with van der Waals surface area (Å²) in [6, 6.07) is 5.77. The van der Waals surface area contributed by atoms with E-state index in [0.717, 1.165) is 19.3 Å². The second kappa shape index (κ2) is 7.72. The van der Waals surface area contributed by atoms with Crippen molar-refractivity contribution >= 4 is 33.2 Å². The second-order valence-electron chi connectivity index (χ2n) is 6.09. The summed E-state index contributed by atoms with van der Waals surface area (Å²) in [7, 11) is -1.59. The van der Waals surface area contributed by atoms with Crippen molar-refractivity contribution in [1.29, 1.82) is 0 Å². The van der Waals surface area contributed by atoms with Gasteiger partial charge in [0, 0.05) is 31.2 Å². The first-order valence-electron chi connectivity index (χ1n) is 7.96. The first kappa shape index (κ1) is 19.0. The van der Waals surface area contributed by atoms with Crippen molar-refractivity contribution in [3.05, 3.63) is 29.3 Å². The number of anilines is 1. The highest BCUT2D eigenvalue weighted by atomic mass is 35.5. The zero-order valence-corrected chi connectivity index (χ0v) is 15.8. The Morgan fingerprint density at radius 1 is 1.21 bits per heavy atom. The number of amides is 1. The average Bonchev–Trinajstić information content (AvgIpc) is 2.52. The third kappa shape index (κ3) is 4.40. The number of piperazine rings is 1. The van der Waals surface area contributed by atoms with Gasteiger partial charge in [0.2, 0.25) is 15.9 Å². The lowest BCUT2D eigenvalue weighted by Gasteiger charge is -2.37. The minimum absolute atomic E-state index is 0.147. The quantitative estimate of drug-likeness (QED) is 0.787. The fourth-order valence-corrected chi connectivity index (χ4v) is 4.20. The number of hydrogen-bond acceptors (Lipinski definition) is 4. The number of rotatable bonds is 5. The highest BCUT2D eigenvalue weighted by Crippen LogP contribution is 2.25. The predicted octanol–water partition coefficient (Wildman–Crippen LogP) is 1.66. The van der Waals surface area contributed by atoms with E-state index in [1.165, 1.54) is 4.31 Å². The largest absolute Gasteiger partial charge is 0.338 e. The molecule has 1 aromatic carbocycles. The van der Waals surface area contributed by atoms with E-state index in [9.17, 15) is 13.2 Å². The van der Waals surface area contributed by atoms with Gasteiger partial charge in [-0.3, -0.25) is 9.10 Å². The van der Waals surface area contributed by atoms with Gasteiger partial charge in [-0.25, -0.2) is 8.42 Å². The Morgan fingerprint density at radius 2 is 1.75 bits per heavy atom. The van der Waals surface area contributed by atoms with Crippen LogP contribution in [0, 0.1) is 0 Å². The van der Waals surface area contributed by atoms with E-state index < -0.39 is 16.1 Å². The molecule has 0 bridgehead atoms. The number of likely N-dealkylation sites (N-methyl/N-ethyl adjacent to an activating group) is 1. The Morgan fingerprint density at radius 3 is 2.21 bits per heavy atom. The van der Waals surface area contributed by atoms with Crippen molar-refractivity contribution < 1.29 is 13.2 Å². The minimum Gasteiger partial charge on any atom is -0.338 e. The summed E-state index contributed by atoms with van der Waals surface area (Å²) in [5.74, 6) is -0.147. The molecule has 0 spiro atoms. The summed E-state index contributed by atoms with van der Waals surface area (Å²) < 4.78 is 26.0. The fraction of sp³-hybridized carbons (Fsp3) is 0.562. The van der Waals surface area contributed by atoms with E-state index in [2.05, 4.69) is 4.90 Å². The molecule has 0 saturated carbocycles. The molecule has 0 aromatic heterocycles. The number of sulfonamides is 1.